The van der Waals surface area contributed by atoms with Gasteiger partial charge in [-0.15, -0.1) is 0 Å². The first-order chi connectivity index (χ1) is 6.77. The predicted molar refractivity (Wildman–Crippen MR) is 56.8 cm³/mol. The van der Waals surface area contributed by atoms with E-state index in [2.05, 4.69) is 16.8 Å². The van der Waals surface area contributed by atoms with E-state index in [1.807, 2.05) is 29.4 Å². The van der Waals surface area contributed by atoms with Crippen LogP contribution in [0, 0.1) is 0 Å². The normalized spacial score (nSPS) is 23.9. The molecule has 1 unspecified atom stereocenters. The van der Waals surface area contributed by atoms with E-state index >= 15 is 0 Å². The van der Waals surface area contributed by atoms with Crippen molar-refractivity contribution in [1.29, 1.82) is 0 Å². The lowest BCUT2D eigenvalue weighted by molar-refractivity contribution is 0.193. The Labute approximate surface area is 84.3 Å². The summed E-state index contributed by atoms with van der Waals surface area (Å²) in [6.07, 6.45) is 1.83. The maximum atomic E-state index is 5.80. The minimum absolute atomic E-state index is 0.394. The van der Waals surface area contributed by atoms with Crippen LogP contribution in [0.15, 0.2) is 24.4 Å². The second-order valence-electron chi connectivity index (χ2n) is 3.72. The highest BCUT2D eigenvalue weighted by Crippen LogP contribution is 2.13. The third kappa shape index (κ3) is 1.86. The number of aromatic nitrogens is 1. The standard InChI is InChI=1S/C10H16N4/c1-9-8-13(6-7-14(9)11)10-4-2-3-5-12-10/h2-5,9H,6-8,11H2,1H3. The zero-order valence-corrected chi connectivity index (χ0v) is 8.43. The van der Waals surface area contributed by atoms with E-state index in [0.717, 1.165) is 25.5 Å². The van der Waals surface area contributed by atoms with Crippen LogP contribution < -0.4 is 10.7 Å². The van der Waals surface area contributed by atoms with Crippen LogP contribution in [-0.4, -0.2) is 35.7 Å². The average molecular weight is 192 g/mol. The van der Waals surface area contributed by atoms with Crippen LogP contribution >= 0.6 is 0 Å². The van der Waals surface area contributed by atoms with Gasteiger partial charge < -0.3 is 4.90 Å². The molecule has 1 aliphatic rings. The summed E-state index contributed by atoms with van der Waals surface area (Å²) in [6.45, 7) is 4.94. The van der Waals surface area contributed by atoms with Crippen LogP contribution in [0.3, 0.4) is 0 Å². The molecule has 1 saturated heterocycles. The summed E-state index contributed by atoms with van der Waals surface area (Å²) in [5.74, 6) is 6.85. The third-order valence-corrected chi connectivity index (χ3v) is 2.65. The maximum absolute atomic E-state index is 5.80. The zero-order valence-electron chi connectivity index (χ0n) is 8.43. The fraction of sp³-hybridized carbons (Fsp3) is 0.500. The molecule has 14 heavy (non-hydrogen) atoms. The van der Waals surface area contributed by atoms with Gasteiger partial charge in [0, 0.05) is 31.9 Å². The molecule has 76 valence electrons. The first kappa shape index (κ1) is 9.43. The molecule has 1 atom stereocenters. The van der Waals surface area contributed by atoms with Crippen LogP contribution in [0.2, 0.25) is 0 Å². The lowest BCUT2D eigenvalue weighted by Gasteiger charge is -2.37. The Morgan fingerprint density at radius 1 is 1.43 bits per heavy atom. The number of pyridine rings is 1. The van der Waals surface area contributed by atoms with Gasteiger partial charge in [-0.2, -0.15) is 0 Å². The molecule has 0 amide bonds. The minimum Gasteiger partial charge on any atom is -0.354 e. The molecule has 1 aliphatic heterocycles. The Hall–Kier alpha value is -1.13. The van der Waals surface area contributed by atoms with Gasteiger partial charge in [0.2, 0.25) is 0 Å². The number of piperazine rings is 1. The highest BCUT2D eigenvalue weighted by molar-refractivity contribution is 5.38. The Kier molecular flexibility index (Phi) is 2.65. The third-order valence-electron chi connectivity index (χ3n) is 2.65. The van der Waals surface area contributed by atoms with Crippen molar-refractivity contribution in [2.45, 2.75) is 13.0 Å². The molecule has 1 fully saturated rings. The minimum atomic E-state index is 0.394. The second-order valence-corrected chi connectivity index (χ2v) is 3.72. The molecule has 0 bridgehead atoms. The first-order valence-electron chi connectivity index (χ1n) is 4.94. The summed E-state index contributed by atoms with van der Waals surface area (Å²) in [7, 11) is 0. The van der Waals surface area contributed by atoms with Gasteiger partial charge >= 0.3 is 0 Å². The topological polar surface area (TPSA) is 45.4 Å². The molecule has 1 aromatic rings. The molecule has 0 aromatic carbocycles. The molecule has 0 aliphatic carbocycles. The van der Waals surface area contributed by atoms with Crippen LogP contribution in [0.4, 0.5) is 5.82 Å². The van der Waals surface area contributed by atoms with E-state index in [0.29, 0.717) is 6.04 Å². The molecule has 2 rings (SSSR count). The molecule has 0 saturated carbocycles. The lowest BCUT2D eigenvalue weighted by Crippen LogP contribution is -2.55. The van der Waals surface area contributed by atoms with Crippen molar-refractivity contribution >= 4 is 5.82 Å². The van der Waals surface area contributed by atoms with Gasteiger partial charge in [0.25, 0.3) is 0 Å². The van der Waals surface area contributed by atoms with Crippen molar-refractivity contribution in [3.63, 3.8) is 0 Å². The van der Waals surface area contributed by atoms with Crippen molar-refractivity contribution in [3.8, 4) is 0 Å². The number of rotatable bonds is 1. The Morgan fingerprint density at radius 2 is 2.29 bits per heavy atom. The highest BCUT2D eigenvalue weighted by Gasteiger charge is 2.21. The number of hydrogen-bond acceptors (Lipinski definition) is 4. The van der Waals surface area contributed by atoms with Crippen LogP contribution in [-0.2, 0) is 0 Å². The fourth-order valence-corrected chi connectivity index (χ4v) is 1.72. The average Bonchev–Trinajstić information content (AvgIpc) is 2.23. The van der Waals surface area contributed by atoms with E-state index < -0.39 is 0 Å². The zero-order chi connectivity index (χ0) is 9.97. The first-order valence-corrected chi connectivity index (χ1v) is 4.94. The van der Waals surface area contributed by atoms with Gasteiger partial charge in [-0.3, -0.25) is 5.84 Å². The molecule has 2 N–H and O–H groups in total. The van der Waals surface area contributed by atoms with Gasteiger partial charge in [0.05, 0.1) is 0 Å². The van der Waals surface area contributed by atoms with Gasteiger partial charge in [0.15, 0.2) is 0 Å². The van der Waals surface area contributed by atoms with Gasteiger partial charge in [-0.05, 0) is 19.1 Å². The van der Waals surface area contributed by atoms with Crippen LogP contribution in [0.1, 0.15) is 6.92 Å². The molecule has 4 heteroatoms. The van der Waals surface area contributed by atoms with Crippen LogP contribution in [0.5, 0.6) is 0 Å². The number of hydrogen-bond donors (Lipinski definition) is 1. The van der Waals surface area contributed by atoms with Crippen molar-refractivity contribution in [2.24, 2.45) is 5.84 Å². The van der Waals surface area contributed by atoms with Gasteiger partial charge in [-0.25, -0.2) is 9.99 Å². The van der Waals surface area contributed by atoms with Crippen molar-refractivity contribution in [3.05, 3.63) is 24.4 Å². The molecule has 0 spiro atoms. The number of anilines is 1. The summed E-state index contributed by atoms with van der Waals surface area (Å²) in [5.41, 5.74) is 0. The number of hydrazine groups is 1. The van der Waals surface area contributed by atoms with Crippen molar-refractivity contribution in [1.82, 2.24) is 9.99 Å². The summed E-state index contributed by atoms with van der Waals surface area (Å²) in [6, 6.07) is 6.39. The number of nitrogens with zero attached hydrogens (tertiary/aromatic N) is 3. The summed E-state index contributed by atoms with van der Waals surface area (Å²) >= 11 is 0. The molecule has 1 aromatic heterocycles. The molecule has 2 heterocycles. The summed E-state index contributed by atoms with van der Waals surface area (Å²) < 4.78 is 0. The lowest BCUT2D eigenvalue weighted by atomic mass is 10.2. The Balaban J connectivity index is 2.07. The predicted octanol–water partition coefficient (Wildman–Crippen LogP) is 0.466. The van der Waals surface area contributed by atoms with Gasteiger partial charge in [-0.1, -0.05) is 6.07 Å². The van der Waals surface area contributed by atoms with E-state index in [9.17, 15) is 0 Å². The molecular formula is C10H16N4. The summed E-state index contributed by atoms with van der Waals surface area (Å²) in [4.78, 5) is 6.60. The van der Waals surface area contributed by atoms with Crippen molar-refractivity contribution < 1.29 is 0 Å². The second kappa shape index (κ2) is 3.94. The van der Waals surface area contributed by atoms with Crippen molar-refractivity contribution in [2.75, 3.05) is 24.5 Å². The highest BCUT2D eigenvalue weighted by atomic mass is 15.5. The van der Waals surface area contributed by atoms with Crippen LogP contribution in [0.25, 0.3) is 0 Å². The van der Waals surface area contributed by atoms with E-state index in [1.54, 1.807) is 0 Å². The van der Waals surface area contributed by atoms with Gasteiger partial charge in [0.1, 0.15) is 5.82 Å². The summed E-state index contributed by atoms with van der Waals surface area (Å²) in [5, 5.41) is 1.89. The smallest absolute Gasteiger partial charge is 0.128 e. The molecule has 4 nitrogen and oxygen atoms in total. The van der Waals surface area contributed by atoms with E-state index in [-0.39, 0.29) is 0 Å². The Morgan fingerprint density at radius 3 is 2.93 bits per heavy atom. The van der Waals surface area contributed by atoms with E-state index in [1.165, 1.54) is 0 Å². The monoisotopic (exact) mass is 192 g/mol. The largest absolute Gasteiger partial charge is 0.354 e. The molecule has 0 radical (unpaired) electrons. The quantitative estimate of drug-likeness (QED) is 0.657. The number of nitrogens with two attached hydrogens (primary N) is 1. The molecular weight excluding hydrogens is 176 g/mol. The fourth-order valence-electron chi connectivity index (χ4n) is 1.72. The van der Waals surface area contributed by atoms with E-state index in [4.69, 9.17) is 5.84 Å². The SMILES string of the molecule is CC1CN(c2ccccn2)CCN1N. The Bertz CT molecular complexity index is 287. The maximum Gasteiger partial charge on any atom is 0.128 e.